The van der Waals surface area contributed by atoms with E-state index in [4.69, 9.17) is 0 Å². The standard InChI is InChI=1S/C27H19N3O2S/c1-17-16-19(26-30-23-12-7-15-28-27(23)33-26)13-14-22(17)29-25(32)21-11-6-5-10-20(21)24(31)18-8-3-2-4-9-18/h2-16H,1H3,(H,29,32). The summed E-state index contributed by atoms with van der Waals surface area (Å²) < 4.78 is 0. The number of anilines is 1. The van der Waals surface area contributed by atoms with Crippen LogP contribution in [-0.4, -0.2) is 21.7 Å². The molecule has 1 amide bonds. The first-order chi connectivity index (χ1) is 16.1. The molecule has 160 valence electrons. The maximum atomic E-state index is 13.1. The third-order valence-electron chi connectivity index (χ3n) is 5.34. The number of amides is 1. The number of carbonyl (C=O) groups excluding carboxylic acids is 2. The number of pyridine rings is 1. The minimum atomic E-state index is -0.324. The van der Waals surface area contributed by atoms with Crippen molar-refractivity contribution in [2.24, 2.45) is 0 Å². The van der Waals surface area contributed by atoms with Crippen molar-refractivity contribution in [3.8, 4) is 10.6 Å². The Bertz CT molecular complexity index is 1460. The summed E-state index contributed by atoms with van der Waals surface area (Å²) in [4.78, 5) is 36.0. The van der Waals surface area contributed by atoms with Gasteiger partial charge >= 0.3 is 0 Å². The number of benzene rings is 3. The lowest BCUT2D eigenvalue weighted by molar-refractivity contribution is 0.0996. The van der Waals surface area contributed by atoms with E-state index in [1.807, 2.05) is 55.5 Å². The normalized spacial score (nSPS) is 10.8. The summed E-state index contributed by atoms with van der Waals surface area (Å²) in [6.07, 6.45) is 1.76. The highest BCUT2D eigenvalue weighted by Crippen LogP contribution is 2.31. The van der Waals surface area contributed by atoms with Crippen molar-refractivity contribution in [1.29, 1.82) is 0 Å². The van der Waals surface area contributed by atoms with Gasteiger partial charge in [0.05, 0.1) is 5.56 Å². The maximum absolute atomic E-state index is 13.1. The number of ketones is 1. The third kappa shape index (κ3) is 4.16. The van der Waals surface area contributed by atoms with E-state index >= 15 is 0 Å². The lowest BCUT2D eigenvalue weighted by Crippen LogP contribution is -2.17. The van der Waals surface area contributed by atoms with E-state index in [1.54, 1.807) is 42.6 Å². The second kappa shape index (κ2) is 8.76. The SMILES string of the molecule is Cc1cc(-c2nc3cccnc3s2)ccc1NC(=O)c1ccccc1C(=O)c1ccccc1. The van der Waals surface area contributed by atoms with Gasteiger partial charge in [0.25, 0.3) is 5.91 Å². The van der Waals surface area contributed by atoms with E-state index in [0.29, 0.717) is 22.4 Å². The number of nitrogens with zero attached hydrogens (tertiary/aromatic N) is 2. The van der Waals surface area contributed by atoms with Gasteiger partial charge < -0.3 is 5.32 Å². The molecule has 0 fully saturated rings. The average molecular weight is 450 g/mol. The molecule has 0 aliphatic carbocycles. The molecule has 0 saturated heterocycles. The smallest absolute Gasteiger partial charge is 0.256 e. The molecule has 0 aliphatic heterocycles. The Labute approximate surface area is 194 Å². The van der Waals surface area contributed by atoms with Crippen molar-refractivity contribution >= 4 is 39.1 Å². The third-order valence-corrected chi connectivity index (χ3v) is 6.37. The van der Waals surface area contributed by atoms with Crippen molar-refractivity contribution in [2.75, 3.05) is 5.32 Å². The zero-order valence-corrected chi connectivity index (χ0v) is 18.6. The minimum Gasteiger partial charge on any atom is -0.322 e. The molecular formula is C27H19N3O2S. The number of hydrogen-bond acceptors (Lipinski definition) is 5. The predicted octanol–water partition coefficient (Wildman–Crippen LogP) is 6.15. The van der Waals surface area contributed by atoms with Gasteiger partial charge in [-0.2, -0.15) is 0 Å². The number of aryl methyl sites for hydroxylation is 1. The molecule has 3 aromatic carbocycles. The van der Waals surface area contributed by atoms with Crippen LogP contribution >= 0.6 is 11.3 Å². The molecule has 6 heteroatoms. The Kier molecular flexibility index (Phi) is 5.50. The molecule has 0 aliphatic rings. The molecular weight excluding hydrogens is 430 g/mol. The number of thiazole rings is 1. The van der Waals surface area contributed by atoms with Gasteiger partial charge in [0.1, 0.15) is 15.4 Å². The number of nitrogens with one attached hydrogen (secondary N) is 1. The average Bonchev–Trinajstić information content (AvgIpc) is 3.30. The summed E-state index contributed by atoms with van der Waals surface area (Å²) in [6, 6.07) is 25.4. The first kappa shape index (κ1) is 20.7. The summed E-state index contributed by atoms with van der Waals surface area (Å²) in [5.41, 5.74) is 4.68. The van der Waals surface area contributed by atoms with E-state index in [2.05, 4.69) is 15.3 Å². The van der Waals surface area contributed by atoms with Crippen molar-refractivity contribution in [3.05, 3.63) is 113 Å². The number of aromatic nitrogens is 2. The van der Waals surface area contributed by atoms with Crippen LogP contribution in [0.25, 0.3) is 20.9 Å². The Morgan fingerprint density at radius 1 is 0.848 bits per heavy atom. The van der Waals surface area contributed by atoms with Crippen molar-refractivity contribution in [1.82, 2.24) is 9.97 Å². The Hall–Kier alpha value is -4.16. The highest BCUT2D eigenvalue weighted by atomic mass is 32.1. The number of rotatable bonds is 5. The molecule has 0 saturated carbocycles. The van der Waals surface area contributed by atoms with Crippen LogP contribution in [0.2, 0.25) is 0 Å². The molecule has 5 aromatic rings. The number of carbonyl (C=O) groups is 2. The lowest BCUT2D eigenvalue weighted by atomic mass is 9.98. The highest BCUT2D eigenvalue weighted by Gasteiger charge is 2.19. The fraction of sp³-hybridized carbons (Fsp3) is 0.0370. The van der Waals surface area contributed by atoms with Gasteiger partial charge in [0.2, 0.25) is 0 Å². The summed E-state index contributed by atoms with van der Waals surface area (Å²) in [5.74, 6) is -0.507. The van der Waals surface area contributed by atoms with Crippen LogP contribution in [-0.2, 0) is 0 Å². The molecule has 2 aromatic heterocycles. The van der Waals surface area contributed by atoms with Gasteiger partial charge in [0, 0.05) is 28.6 Å². The number of hydrogen-bond donors (Lipinski definition) is 1. The fourth-order valence-corrected chi connectivity index (χ4v) is 4.55. The topological polar surface area (TPSA) is 72.0 Å². The molecule has 2 heterocycles. The predicted molar refractivity (Wildman–Crippen MR) is 132 cm³/mol. The minimum absolute atomic E-state index is 0.183. The molecule has 5 nitrogen and oxygen atoms in total. The van der Waals surface area contributed by atoms with E-state index in [9.17, 15) is 9.59 Å². The highest BCUT2D eigenvalue weighted by molar-refractivity contribution is 7.21. The van der Waals surface area contributed by atoms with E-state index < -0.39 is 0 Å². The maximum Gasteiger partial charge on any atom is 0.256 e. The molecule has 0 atom stereocenters. The van der Waals surface area contributed by atoms with Crippen LogP contribution in [0, 0.1) is 6.92 Å². The van der Waals surface area contributed by atoms with Gasteiger partial charge in [-0.1, -0.05) is 59.9 Å². The molecule has 1 N–H and O–H groups in total. The van der Waals surface area contributed by atoms with Crippen LogP contribution in [0.15, 0.2) is 91.1 Å². The van der Waals surface area contributed by atoms with Crippen LogP contribution in [0.3, 0.4) is 0 Å². The molecule has 33 heavy (non-hydrogen) atoms. The zero-order chi connectivity index (χ0) is 22.8. The van der Waals surface area contributed by atoms with Crippen molar-refractivity contribution in [3.63, 3.8) is 0 Å². The van der Waals surface area contributed by atoms with Crippen molar-refractivity contribution < 1.29 is 9.59 Å². The van der Waals surface area contributed by atoms with Gasteiger partial charge in [-0.05, 0) is 48.9 Å². The van der Waals surface area contributed by atoms with Gasteiger partial charge in [-0.3, -0.25) is 9.59 Å². The summed E-state index contributed by atoms with van der Waals surface area (Å²) in [7, 11) is 0. The largest absolute Gasteiger partial charge is 0.322 e. The van der Waals surface area contributed by atoms with E-state index in [-0.39, 0.29) is 11.7 Å². The second-order valence-electron chi connectivity index (χ2n) is 7.57. The van der Waals surface area contributed by atoms with Gasteiger partial charge in [0.15, 0.2) is 5.78 Å². The van der Waals surface area contributed by atoms with Gasteiger partial charge in [-0.15, -0.1) is 0 Å². The van der Waals surface area contributed by atoms with Crippen LogP contribution in [0.1, 0.15) is 31.8 Å². The lowest BCUT2D eigenvalue weighted by Gasteiger charge is -2.12. The Morgan fingerprint density at radius 2 is 1.61 bits per heavy atom. The summed E-state index contributed by atoms with van der Waals surface area (Å²) in [5, 5.41) is 3.84. The van der Waals surface area contributed by atoms with E-state index in [0.717, 1.165) is 26.5 Å². The summed E-state index contributed by atoms with van der Waals surface area (Å²) >= 11 is 1.53. The quantitative estimate of drug-likeness (QED) is 0.327. The first-order valence-electron chi connectivity index (χ1n) is 10.4. The Morgan fingerprint density at radius 3 is 2.36 bits per heavy atom. The molecule has 5 rings (SSSR count). The van der Waals surface area contributed by atoms with Gasteiger partial charge in [-0.25, -0.2) is 9.97 Å². The van der Waals surface area contributed by atoms with Crippen LogP contribution in [0.5, 0.6) is 0 Å². The first-order valence-corrected chi connectivity index (χ1v) is 11.2. The van der Waals surface area contributed by atoms with Crippen molar-refractivity contribution in [2.45, 2.75) is 6.92 Å². The second-order valence-corrected chi connectivity index (χ2v) is 8.55. The molecule has 0 spiro atoms. The molecule has 0 bridgehead atoms. The zero-order valence-electron chi connectivity index (χ0n) is 17.8. The van der Waals surface area contributed by atoms with Crippen LogP contribution < -0.4 is 5.32 Å². The Balaban J connectivity index is 1.41. The van der Waals surface area contributed by atoms with Crippen LogP contribution in [0.4, 0.5) is 5.69 Å². The fourth-order valence-electron chi connectivity index (χ4n) is 3.64. The number of fused-ring (bicyclic) bond motifs is 1. The monoisotopic (exact) mass is 449 g/mol. The molecule has 0 radical (unpaired) electrons. The van der Waals surface area contributed by atoms with E-state index in [1.165, 1.54) is 11.3 Å². The summed E-state index contributed by atoms with van der Waals surface area (Å²) in [6.45, 7) is 1.94. The molecule has 0 unspecified atom stereocenters.